The summed E-state index contributed by atoms with van der Waals surface area (Å²) < 4.78 is 35.6. The van der Waals surface area contributed by atoms with Crippen LogP contribution in [0.1, 0.15) is 102 Å². The van der Waals surface area contributed by atoms with Crippen molar-refractivity contribution in [2.24, 2.45) is 17.8 Å². The van der Waals surface area contributed by atoms with E-state index in [0.717, 1.165) is 55.2 Å². The summed E-state index contributed by atoms with van der Waals surface area (Å²) in [6.45, 7) is 0.471. The first-order chi connectivity index (χ1) is 15.1. The summed E-state index contributed by atoms with van der Waals surface area (Å²) in [5.74, 6) is 0.853. The van der Waals surface area contributed by atoms with Crippen molar-refractivity contribution in [2.45, 2.75) is 102 Å². The number of alkyl halides is 1. The number of ether oxygens (including phenoxy) is 1. The van der Waals surface area contributed by atoms with E-state index < -0.39 is 11.6 Å². The molecule has 4 fully saturated rings. The Kier molecular flexibility index (Phi) is 8.33. The molecule has 1 aromatic carbocycles. The van der Waals surface area contributed by atoms with Crippen LogP contribution in [0.5, 0.6) is 5.75 Å². The van der Waals surface area contributed by atoms with Gasteiger partial charge in [-0.25, -0.2) is 4.39 Å². The zero-order chi connectivity index (χ0) is 21.7. The Morgan fingerprint density at radius 3 is 1.81 bits per heavy atom. The van der Waals surface area contributed by atoms with Crippen LogP contribution in [-0.4, -0.2) is 11.9 Å². The highest BCUT2D eigenvalue weighted by atomic mass is 79.9. The van der Waals surface area contributed by atoms with E-state index in [1.54, 1.807) is 6.07 Å². The van der Waals surface area contributed by atoms with E-state index in [9.17, 15) is 4.39 Å². The fourth-order valence-electron chi connectivity index (χ4n) is 7.11. The summed E-state index contributed by atoms with van der Waals surface area (Å²) in [5, 5.41) is 1.11. The number of halogens is 3. The molecule has 0 spiro atoms. The first kappa shape index (κ1) is 23.5. The molecule has 0 aliphatic heterocycles. The molecular weight excluding hydrogens is 458 g/mol. The van der Waals surface area contributed by atoms with Gasteiger partial charge in [-0.05, 0) is 86.2 Å². The third kappa shape index (κ3) is 5.65. The van der Waals surface area contributed by atoms with Crippen molar-refractivity contribution in [3.05, 3.63) is 29.3 Å². The lowest BCUT2D eigenvalue weighted by Gasteiger charge is -2.57. The molecule has 0 saturated heterocycles. The Balaban J connectivity index is 1.21. The third-order valence-electron chi connectivity index (χ3n) is 8.19. The molecule has 0 radical (unpaired) electrons. The lowest BCUT2D eigenvalue weighted by atomic mass is 9.48. The quantitative estimate of drug-likeness (QED) is 0.196. The van der Waals surface area contributed by atoms with Crippen LogP contribution in [0.25, 0.3) is 0 Å². The molecule has 31 heavy (non-hydrogen) atoms. The van der Waals surface area contributed by atoms with E-state index in [1.165, 1.54) is 64.2 Å². The molecule has 4 bridgehead atoms. The molecule has 0 amide bonds. The van der Waals surface area contributed by atoms with Gasteiger partial charge in [0.2, 0.25) is 5.82 Å². The van der Waals surface area contributed by atoms with Gasteiger partial charge in [0.1, 0.15) is 0 Å². The van der Waals surface area contributed by atoms with Crippen LogP contribution >= 0.6 is 15.9 Å². The fourth-order valence-corrected chi connectivity index (χ4v) is 7.51. The van der Waals surface area contributed by atoms with Crippen molar-refractivity contribution in [3.8, 4) is 5.75 Å². The molecule has 1 aromatic rings. The zero-order valence-corrected chi connectivity index (χ0v) is 20.5. The maximum Gasteiger partial charge on any atom is 0.200 e. The van der Waals surface area contributed by atoms with Crippen molar-refractivity contribution in [1.29, 1.82) is 0 Å². The Morgan fingerprint density at radius 2 is 1.26 bits per heavy atom. The van der Waals surface area contributed by atoms with Gasteiger partial charge in [-0.2, -0.15) is 4.39 Å². The second-order valence-corrected chi connectivity index (χ2v) is 11.4. The van der Waals surface area contributed by atoms with Crippen LogP contribution in [0.3, 0.4) is 0 Å². The summed E-state index contributed by atoms with van der Waals surface area (Å²) in [6.07, 6.45) is 18.1. The second kappa shape index (κ2) is 11.0. The number of rotatable bonds is 13. The van der Waals surface area contributed by atoms with Gasteiger partial charge in [0.15, 0.2) is 11.6 Å². The predicted octanol–water partition coefficient (Wildman–Crippen LogP) is 8.72. The lowest BCUT2D eigenvalue weighted by Crippen LogP contribution is -2.49. The van der Waals surface area contributed by atoms with Crippen LogP contribution in [0, 0.1) is 29.4 Å². The number of hydrogen-bond donors (Lipinski definition) is 0. The van der Waals surface area contributed by atoms with E-state index in [4.69, 9.17) is 4.74 Å². The smallest absolute Gasteiger partial charge is 0.200 e. The van der Waals surface area contributed by atoms with Crippen LogP contribution in [0.4, 0.5) is 8.78 Å². The van der Waals surface area contributed by atoms with Gasteiger partial charge in [-0.15, -0.1) is 0 Å². The predicted molar refractivity (Wildman–Crippen MR) is 127 cm³/mol. The van der Waals surface area contributed by atoms with E-state index >= 15 is 4.39 Å². The topological polar surface area (TPSA) is 9.23 Å². The molecule has 4 aliphatic rings. The van der Waals surface area contributed by atoms with Crippen LogP contribution in [0.2, 0.25) is 0 Å². The SMILES string of the molecule is Fc1c(OCCCCCCCCCCCBr)ccc([C@]23CC4CC(C[C@H](C4)C2)C3)c1F. The summed E-state index contributed by atoms with van der Waals surface area (Å²) in [5.41, 5.74) is 0.513. The Bertz CT molecular complexity index is 684. The highest BCUT2D eigenvalue weighted by Crippen LogP contribution is 2.61. The number of unbranched alkanes of at least 4 members (excludes halogenated alkanes) is 8. The van der Waals surface area contributed by atoms with Crippen molar-refractivity contribution in [2.75, 3.05) is 11.9 Å². The zero-order valence-electron chi connectivity index (χ0n) is 18.9. The normalized spacial score (nSPS) is 28.9. The van der Waals surface area contributed by atoms with Gasteiger partial charge in [0.05, 0.1) is 6.61 Å². The van der Waals surface area contributed by atoms with E-state index in [-0.39, 0.29) is 11.2 Å². The van der Waals surface area contributed by atoms with Gasteiger partial charge < -0.3 is 4.74 Å². The minimum atomic E-state index is -0.767. The van der Waals surface area contributed by atoms with E-state index in [0.29, 0.717) is 12.2 Å². The van der Waals surface area contributed by atoms with Gasteiger partial charge in [-0.3, -0.25) is 0 Å². The summed E-state index contributed by atoms with van der Waals surface area (Å²) in [6, 6.07) is 3.54. The summed E-state index contributed by atoms with van der Waals surface area (Å²) >= 11 is 3.47. The van der Waals surface area contributed by atoms with Gasteiger partial charge in [0.25, 0.3) is 0 Å². The molecule has 0 heterocycles. The highest BCUT2D eigenvalue weighted by molar-refractivity contribution is 9.09. The van der Waals surface area contributed by atoms with Crippen molar-refractivity contribution in [3.63, 3.8) is 0 Å². The van der Waals surface area contributed by atoms with Gasteiger partial charge in [0, 0.05) is 5.33 Å². The lowest BCUT2D eigenvalue weighted by molar-refractivity contribution is -0.00708. The van der Waals surface area contributed by atoms with Crippen molar-refractivity contribution in [1.82, 2.24) is 0 Å². The van der Waals surface area contributed by atoms with E-state index in [2.05, 4.69) is 15.9 Å². The van der Waals surface area contributed by atoms with Crippen LogP contribution in [0.15, 0.2) is 12.1 Å². The maximum absolute atomic E-state index is 15.1. The standard InChI is InChI=1S/C27H39BrF2O/c28-12-8-6-4-2-1-3-5-7-9-13-31-24-11-10-23(25(29)26(24)30)27-17-20-14-21(18-27)16-22(15-20)19-27/h10-11,20-22H,1-9,12-19H2/t20-,21?,22?,27-. The Hall–Kier alpha value is -0.640. The fraction of sp³-hybridized carbons (Fsp3) is 0.778. The molecule has 5 rings (SSSR count). The van der Waals surface area contributed by atoms with Crippen LogP contribution in [-0.2, 0) is 5.41 Å². The third-order valence-corrected chi connectivity index (χ3v) is 8.75. The van der Waals surface area contributed by atoms with Gasteiger partial charge >= 0.3 is 0 Å². The first-order valence-electron chi connectivity index (χ1n) is 12.8. The molecule has 0 unspecified atom stereocenters. The monoisotopic (exact) mass is 496 g/mol. The molecule has 0 N–H and O–H groups in total. The Morgan fingerprint density at radius 1 is 0.742 bits per heavy atom. The molecule has 4 saturated carbocycles. The van der Waals surface area contributed by atoms with Crippen molar-refractivity contribution < 1.29 is 13.5 Å². The molecule has 1 nitrogen and oxygen atoms in total. The average molecular weight is 498 g/mol. The van der Waals surface area contributed by atoms with Crippen molar-refractivity contribution >= 4 is 15.9 Å². The molecule has 4 heteroatoms. The highest BCUT2D eigenvalue weighted by Gasteiger charge is 2.52. The number of hydrogen-bond acceptors (Lipinski definition) is 1. The maximum atomic E-state index is 15.1. The van der Waals surface area contributed by atoms with E-state index in [1.807, 2.05) is 6.07 Å². The Labute approximate surface area is 195 Å². The van der Waals surface area contributed by atoms with Crippen LogP contribution < -0.4 is 4.74 Å². The molecule has 174 valence electrons. The largest absolute Gasteiger partial charge is 0.490 e. The minimum Gasteiger partial charge on any atom is -0.490 e. The summed E-state index contributed by atoms with van der Waals surface area (Å²) in [4.78, 5) is 0. The minimum absolute atomic E-state index is 0.0952. The second-order valence-electron chi connectivity index (χ2n) is 10.7. The average Bonchev–Trinajstić information content (AvgIpc) is 2.74. The molecule has 0 atom stereocenters. The molecule has 0 aromatic heterocycles. The molecule has 4 aliphatic carbocycles. The number of benzene rings is 1. The first-order valence-corrected chi connectivity index (χ1v) is 13.9. The molecular formula is C27H39BrF2O. The summed E-state index contributed by atoms with van der Waals surface area (Å²) in [7, 11) is 0. The van der Waals surface area contributed by atoms with Gasteiger partial charge in [-0.1, -0.05) is 66.9 Å².